The van der Waals surface area contributed by atoms with E-state index in [1.54, 1.807) is 11.8 Å². The maximum atomic E-state index is 13.2. The van der Waals surface area contributed by atoms with Gasteiger partial charge in [-0.05, 0) is 19.9 Å². The zero-order chi connectivity index (χ0) is 16.8. The fourth-order valence-corrected chi connectivity index (χ4v) is 3.42. The third-order valence-electron chi connectivity index (χ3n) is 4.48. The summed E-state index contributed by atoms with van der Waals surface area (Å²) in [6, 6.07) is 7.29. The molecule has 0 bridgehead atoms. The van der Waals surface area contributed by atoms with Gasteiger partial charge in [0, 0.05) is 29.6 Å². The maximum absolute atomic E-state index is 13.2. The molecule has 2 aromatic heterocycles. The van der Waals surface area contributed by atoms with E-state index in [2.05, 4.69) is 15.1 Å². The molecule has 0 saturated carbocycles. The highest BCUT2D eigenvalue weighted by molar-refractivity contribution is 6.08. The van der Waals surface area contributed by atoms with E-state index in [1.807, 2.05) is 31.2 Å². The van der Waals surface area contributed by atoms with Crippen LogP contribution in [0.3, 0.4) is 0 Å². The second-order valence-electron chi connectivity index (χ2n) is 6.21. The molecule has 124 valence electrons. The molecule has 0 aliphatic carbocycles. The van der Waals surface area contributed by atoms with Crippen molar-refractivity contribution in [3.8, 4) is 0 Å². The Balaban J connectivity index is 1.75. The van der Waals surface area contributed by atoms with E-state index < -0.39 is 12.1 Å². The molecule has 24 heavy (non-hydrogen) atoms. The zero-order valence-corrected chi connectivity index (χ0v) is 13.5. The number of likely N-dealkylation sites (tertiary alicyclic amines) is 1. The Morgan fingerprint density at radius 3 is 2.92 bits per heavy atom. The quantitative estimate of drug-likeness (QED) is 0.752. The molecule has 7 heteroatoms. The summed E-state index contributed by atoms with van der Waals surface area (Å²) in [6.45, 7) is 3.86. The number of carbonyl (C=O) groups is 1. The SMILES string of the molecule is Cc1noc([C@H]2C[C@@H](O)CN2C(=O)c2c(C)[nH]c3ccccc23)n1. The summed E-state index contributed by atoms with van der Waals surface area (Å²) in [6.07, 6.45) is -0.203. The second kappa shape index (κ2) is 5.45. The molecule has 0 radical (unpaired) electrons. The van der Waals surface area contributed by atoms with Crippen LogP contribution in [0.2, 0.25) is 0 Å². The summed E-state index contributed by atoms with van der Waals surface area (Å²) in [4.78, 5) is 22.3. The summed E-state index contributed by atoms with van der Waals surface area (Å²) in [5, 5.41) is 14.8. The van der Waals surface area contributed by atoms with Crippen molar-refractivity contribution in [1.82, 2.24) is 20.0 Å². The van der Waals surface area contributed by atoms with Crippen molar-refractivity contribution in [2.45, 2.75) is 32.4 Å². The van der Waals surface area contributed by atoms with Gasteiger partial charge in [0.2, 0.25) is 5.89 Å². The number of aryl methyl sites for hydroxylation is 2. The standard InChI is InChI=1S/C17H18N4O3/c1-9-15(12-5-3-4-6-13(12)18-9)17(23)21-8-11(22)7-14(21)16-19-10(2)20-24-16/h3-6,11,14,18,22H,7-8H2,1-2H3/t11-,14-/m1/s1. The van der Waals surface area contributed by atoms with Crippen molar-refractivity contribution in [1.29, 1.82) is 0 Å². The molecule has 2 atom stereocenters. The largest absolute Gasteiger partial charge is 0.391 e. The Kier molecular flexibility index (Phi) is 3.38. The first-order valence-corrected chi connectivity index (χ1v) is 7.91. The van der Waals surface area contributed by atoms with Crippen LogP contribution in [0, 0.1) is 13.8 Å². The van der Waals surface area contributed by atoms with E-state index in [1.165, 1.54) is 0 Å². The fraction of sp³-hybridized carbons (Fsp3) is 0.353. The van der Waals surface area contributed by atoms with Gasteiger partial charge >= 0.3 is 0 Å². The molecule has 3 heterocycles. The van der Waals surface area contributed by atoms with Crippen LogP contribution < -0.4 is 0 Å². The minimum atomic E-state index is -0.600. The highest BCUT2D eigenvalue weighted by atomic mass is 16.5. The predicted octanol–water partition coefficient (Wildman–Crippen LogP) is 2.12. The lowest BCUT2D eigenvalue weighted by Gasteiger charge is -2.21. The Labute approximate surface area is 138 Å². The first-order valence-electron chi connectivity index (χ1n) is 7.91. The van der Waals surface area contributed by atoms with E-state index in [0.717, 1.165) is 16.6 Å². The number of hydrogen-bond acceptors (Lipinski definition) is 5. The van der Waals surface area contributed by atoms with E-state index in [9.17, 15) is 9.90 Å². The summed E-state index contributed by atoms with van der Waals surface area (Å²) < 4.78 is 5.24. The first-order chi connectivity index (χ1) is 11.5. The number of rotatable bonds is 2. The Bertz CT molecular complexity index is 914. The van der Waals surface area contributed by atoms with E-state index in [4.69, 9.17) is 4.52 Å². The Morgan fingerprint density at radius 1 is 1.38 bits per heavy atom. The third kappa shape index (κ3) is 2.28. The van der Waals surface area contributed by atoms with Crippen LogP contribution in [-0.4, -0.2) is 43.7 Å². The molecule has 1 aromatic carbocycles. The normalized spacial score (nSPS) is 20.9. The van der Waals surface area contributed by atoms with Gasteiger partial charge in [-0.2, -0.15) is 4.98 Å². The van der Waals surface area contributed by atoms with Crippen LogP contribution in [0.4, 0.5) is 0 Å². The van der Waals surface area contributed by atoms with Crippen molar-refractivity contribution in [2.24, 2.45) is 0 Å². The lowest BCUT2D eigenvalue weighted by molar-refractivity contribution is 0.0695. The number of aliphatic hydroxyl groups is 1. The number of H-pyrrole nitrogens is 1. The van der Waals surface area contributed by atoms with Crippen molar-refractivity contribution in [2.75, 3.05) is 6.54 Å². The number of aromatic amines is 1. The topological polar surface area (TPSA) is 95.3 Å². The predicted molar refractivity (Wildman–Crippen MR) is 86.5 cm³/mol. The van der Waals surface area contributed by atoms with Gasteiger partial charge in [-0.15, -0.1) is 0 Å². The number of carbonyl (C=O) groups excluding carboxylic acids is 1. The van der Waals surface area contributed by atoms with Crippen molar-refractivity contribution >= 4 is 16.8 Å². The molecule has 2 N–H and O–H groups in total. The number of nitrogens with zero attached hydrogens (tertiary/aromatic N) is 3. The number of aliphatic hydroxyl groups excluding tert-OH is 1. The number of β-amino-alcohol motifs (C(OH)–C–C–N with tert-alkyl or cyclic N) is 1. The first kappa shape index (κ1) is 14.9. The molecule has 4 rings (SSSR count). The van der Waals surface area contributed by atoms with Crippen molar-refractivity contribution in [3.63, 3.8) is 0 Å². The number of benzene rings is 1. The molecule has 1 aliphatic heterocycles. The highest BCUT2D eigenvalue weighted by Crippen LogP contribution is 2.34. The Morgan fingerprint density at radius 2 is 2.17 bits per heavy atom. The molecule has 0 unspecified atom stereocenters. The molecule has 1 saturated heterocycles. The number of fused-ring (bicyclic) bond motifs is 1. The number of hydrogen-bond donors (Lipinski definition) is 2. The van der Waals surface area contributed by atoms with Gasteiger partial charge in [-0.3, -0.25) is 4.79 Å². The second-order valence-corrected chi connectivity index (χ2v) is 6.21. The molecule has 7 nitrogen and oxygen atoms in total. The lowest BCUT2D eigenvalue weighted by atomic mass is 10.1. The minimum absolute atomic E-state index is 0.137. The average Bonchev–Trinajstić information content (AvgIpc) is 3.22. The molecular formula is C17H18N4O3. The smallest absolute Gasteiger partial charge is 0.257 e. The average molecular weight is 326 g/mol. The van der Waals surface area contributed by atoms with E-state index in [0.29, 0.717) is 23.7 Å². The summed E-state index contributed by atoms with van der Waals surface area (Å²) >= 11 is 0. The maximum Gasteiger partial charge on any atom is 0.257 e. The summed E-state index contributed by atoms with van der Waals surface area (Å²) in [7, 11) is 0. The van der Waals surface area contributed by atoms with Crippen LogP contribution in [0.25, 0.3) is 10.9 Å². The molecule has 1 aliphatic rings. The van der Waals surface area contributed by atoms with Crippen molar-refractivity contribution < 1.29 is 14.4 Å². The third-order valence-corrected chi connectivity index (χ3v) is 4.48. The van der Waals surface area contributed by atoms with Crippen molar-refractivity contribution in [3.05, 3.63) is 47.2 Å². The number of nitrogens with one attached hydrogen (secondary N) is 1. The molecule has 1 amide bonds. The van der Waals surface area contributed by atoms with Gasteiger partial charge in [0.15, 0.2) is 5.82 Å². The molecular weight excluding hydrogens is 308 g/mol. The minimum Gasteiger partial charge on any atom is -0.391 e. The highest BCUT2D eigenvalue weighted by Gasteiger charge is 2.40. The van der Waals surface area contributed by atoms with Gasteiger partial charge in [-0.1, -0.05) is 23.4 Å². The van der Waals surface area contributed by atoms with Gasteiger partial charge < -0.3 is 19.5 Å². The van der Waals surface area contributed by atoms with E-state index >= 15 is 0 Å². The molecule has 0 spiro atoms. The van der Waals surface area contributed by atoms with Gasteiger partial charge in [0.1, 0.15) is 6.04 Å². The number of para-hydroxylation sites is 1. The van der Waals surface area contributed by atoms with Crippen LogP contribution in [0.5, 0.6) is 0 Å². The summed E-state index contributed by atoms with van der Waals surface area (Å²) in [5.74, 6) is 0.749. The van der Waals surface area contributed by atoms with Crippen LogP contribution in [0.15, 0.2) is 28.8 Å². The summed E-state index contributed by atoms with van der Waals surface area (Å²) in [5.41, 5.74) is 2.35. The Hall–Kier alpha value is -2.67. The van der Waals surface area contributed by atoms with Crippen LogP contribution in [-0.2, 0) is 0 Å². The van der Waals surface area contributed by atoms with E-state index in [-0.39, 0.29) is 12.5 Å². The molecule has 1 fully saturated rings. The zero-order valence-electron chi connectivity index (χ0n) is 13.5. The van der Waals surface area contributed by atoms with Crippen LogP contribution in [0.1, 0.15) is 40.2 Å². The van der Waals surface area contributed by atoms with Crippen LogP contribution >= 0.6 is 0 Å². The number of aromatic nitrogens is 3. The number of amides is 1. The molecule has 3 aromatic rings. The lowest BCUT2D eigenvalue weighted by Crippen LogP contribution is -2.32. The monoisotopic (exact) mass is 326 g/mol. The van der Waals surface area contributed by atoms with Gasteiger partial charge in [0.05, 0.1) is 11.7 Å². The van der Waals surface area contributed by atoms with Gasteiger partial charge in [-0.25, -0.2) is 0 Å². The fourth-order valence-electron chi connectivity index (χ4n) is 3.42. The van der Waals surface area contributed by atoms with Gasteiger partial charge in [0.25, 0.3) is 5.91 Å².